The molecule has 0 N–H and O–H groups in total. The van der Waals surface area contributed by atoms with Crippen molar-refractivity contribution < 1.29 is 4.52 Å². The summed E-state index contributed by atoms with van der Waals surface area (Å²) in [5.41, 5.74) is 0. The van der Waals surface area contributed by atoms with Gasteiger partial charge in [-0.05, 0) is 12.2 Å². The third-order valence-electron chi connectivity index (χ3n) is 1.21. The monoisotopic (exact) mass is 102 g/mol. The SMILES string of the molecule is BC1CC1OP. The van der Waals surface area contributed by atoms with Crippen LogP contribution in [-0.4, -0.2) is 14.0 Å². The first-order valence-electron chi connectivity index (χ1n) is 2.20. The molecule has 0 spiro atoms. The van der Waals surface area contributed by atoms with E-state index in [0.29, 0.717) is 6.10 Å². The molecule has 0 radical (unpaired) electrons. The lowest BCUT2D eigenvalue weighted by Gasteiger charge is -1.84. The molecule has 0 bridgehead atoms. The molecule has 0 heterocycles. The Kier molecular flexibility index (Phi) is 1.16. The average molecular weight is 102 g/mol. The number of rotatable bonds is 1. The lowest BCUT2D eigenvalue weighted by Crippen LogP contribution is -1.78. The van der Waals surface area contributed by atoms with E-state index >= 15 is 0 Å². The zero-order valence-corrected chi connectivity index (χ0v) is 5.00. The Morgan fingerprint density at radius 1 is 1.83 bits per heavy atom. The summed E-state index contributed by atoms with van der Waals surface area (Å²) in [4.78, 5) is 0. The molecule has 6 heavy (non-hydrogen) atoms. The van der Waals surface area contributed by atoms with Gasteiger partial charge in [0.25, 0.3) is 0 Å². The summed E-state index contributed by atoms with van der Waals surface area (Å²) in [5, 5.41) is 0. The molecular weight excluding hydrogens is 93.8 g/mol. The largest absolute Gasteiger partial charge is 0.363 e. The lowest BCUT2D eigenvalue weighted by molar-refractivity contribution is 0.358. The van der Waals surface area contributed by atoms with E-state index < -0.39 is 0 Å². The van der Waals surface area contributed by atoms with Crippen LogP contribution >= 0.6 is 9.47 Å². The Hall–Kier alpha value is 0.455. The van der Waals surface area contributed by atoms with Crippen LogP contribution in [0.3, 0.4) is 0 Å². The van der Waals surface area contributed by atoms with Crippen molar-refractivity contribution in [1.82, 2.24) is 0 Å². The van der Waals surface area contributed by atoms with Gasteiger partial charge in [-0.3, -0.25) is 0 Å². The van der Waals surface area contributed by atoms with Crippen LogP contribution in [0, 0.1) is 0 Å². The van der Waals surface area contributed by atoms with Crippen molar-refractivity contribution in [1.29, 1.82) is 0 Å². The molecule has 0 aromatic heterocycles. The fourth-order valence-electron chi connectivity index (χ4n) is 0.478. The van der Waals surface area contributed by atoms with Crippen molar-refractivity contribution in [3.05, 3.63) is 0 Å². The molecule has 1 aliphatic rings. The zero-order valence-electron chi connectivity index (χ0n) is 3.85. The maximum Gasteiger partial charge on any atom is 0.108 e. The van der Waals surface area contributed by atoms with Gasteiger partial charge in [0.05, 0.1) is 6.10 Å². The summed E-state index contributed by atoms with van der Waals surface area (Å²) in [6, 6.07) is 0. The molecule has 34 valence electrons. The Balaban J connectivity index is 2.09. The quantitative estimate of drug-likeness (QED) is 0.334. The van der Waals surface area contributed by atoms with E-state index in [2.05, 4.69) is 17.3 Å². The van der Waals surface area contributed by atoms with E-state index in [-0.39, 0.29) is 0 Å². The van der Waals surface area contributed by atoms with Gasteiger partial charge in [-0.2, -0.15) is 0 Å². The first-order chi connectivity index (χ1) is 2.84. The summed E-state index contributed by atoms with van der Waals surface area (Å²) < 4.78 is 4.89. The van der Waals surface area contributed by atoms with Crippen LogP contribution in [0.15, 0.2) is 0 Å². The van der Waals surface area contributed by atoms with Crippen LogP contribution in [-0.2, 0) is 4.52 Å². The Morgan fingerprint density at radius 2 is 2.33 bits per heavy atom. The minimum Gasteiger partial charge on any atom is -0.363 e. The summed E-state index contributed by atoms with van der Waals surface area (Å²) in [7, 11) is 4.47. The van der Waals surface area contributed by atoms with Crippen molar-refractivity contribution in [2.75, 3.05) is 0 Å². The van der Waals surface area contributed by atoms with Gasteiger partial charge in [0.15, 0.2) is 0 Å². The van der Waals surface area contributed by atoms with Gasteiger partial charge in [-0.15, -0.1) is 0 Å². The van der Waals surface area contributed by atoms with Crippen molar-refractivity contribution in [2.24, 2.45) is 0 Å². The highest BCUT2D eigenvalue weighted by atomic mass is 31.0. The highest BCUT2D eigenvalue weighted by Crippen LogP contribution is 2.37. The smallest absolute Gasteiger partial charge is 0.108 e. The Labute approximate surface area is 41.1 Å². The molecule has 3 unspecified atom stereocenters. The Morgan fingerprint density at radius 3 is 2.33 bits per heavy atom. The fraction of sp³-hybridized carbons (Fsp3) is 1.00. The van der Waals surface area contributed by atoms with E-state index in [1.165, 1.54) is 6.42 Å². The predicted octanol–water partition coefficient (Wildman–Crippen LogP) is -0.0130. The predicted molar refractivity (Wildman–Crippen MR) is 31.5 cm³/mol. The molecule has 0 aromatic rings. The van der Waals surface area contributed by atoms with Gasteiger partial charge >= 0.3 is 0 Å². The van der Waals surface area contributed by atoms with Gasteiger partial charge in [-0.25, -0.2) is 0 Å². The molecule has 3 heteroatoms. The van der Waals surface area contributed by atoms with E-state index in [0.717, 1.165) is 5.82 Å². The third-order valence-corrected chi connectivity index (χ3v) is 1.56. The van der Waals surface area contributed by atoms with Crippen LogP contribution in [0.1, 0.15) is 6.42 Å². The van der Waals surface area contributed by atoms with Crippen molar-refractivity contribution in [3.8, 4) is 0 Å². The van der Waals surface area contributed by atoms with Gasteiger partial charge < -0.3 is 4.52 Å². The highest BCUT2D eigenvalue weighted by Gasteiger charge is 2.31. The van der Waals surface area contributed by atoms with Crippen molar-refractivity contribution >= 4 is 17.3 Å². The van der Waals surface area contributed by atoms with Crippen molar-refractivity contribution in [3.63, 3.8) is 0 Å². The standard InChI is InChI=1S/C3H8BOP/c4-2-1-3(2)5-6/h2-3H,1,4,6H2. The highest BCUT2D eigenvalue weighted by molar-refractivity contribution is 7.09. The van der Waals surface area contributed by atoms with Gasteiger partial charge in [0.2, 0.25) is 0 Å². The molecule has 1 nitrogen and oxygen atoms in total. The second-order valence-corrected chi connectivity index (χ2v) is 2.16. The summed E-state index contributed by atoms with van der Waals surface area (Å²) in [6.07, 6.45) is 1.82. The molecule has 0 amide bonds. The second-order valence-electron chi connectivity index (χ2n) is 1.89. The molecule has 0 aromatic carbocycles. The number of hydrogen-bond acceptors (Lipinski definition) is 1. The molecule has 3 atom stereocenters. The van der Waals surface area contributed by atoms with Crippen molar-refractivity contribution in [2.45, 2.75) is 18.3 Å². The molecule has 1 aliphatic carbocycles. The van der Waals surface area contributed by atoms with E-state index in [9.17, 15) is 0 Å². The number of hydrogen-bond donors (Lipinski definition) is 0. The third kappa shape index (κ3) is 0.744. The molecule has 1 saturated carbocycles. The lowest BCUT2D eigenvalue weighted by atomic mass is 10.0. The van der Waals surface area contributed by atoms with E-state index in [1.807, 2.05) is 0 Å². The maximum atomic E-state index is 4.89. The van der Waals surface area contributed by atoms with E-state index in [1.54, 1.807) is 0 Å². The molecule has 1 fully saturated rings. The fourth-order valence-corrected chi connectivity index (χ4v) is 0.857. The summed E-state index contributed by atoms with van der Waals surface area (Å²) in [6.45, 7) is 0. The topological polar surface area (TPSA) is 9.23 Å². The second kappa shape index (κ2) is 1.51. The average Bonchev–Trinajstić information content (AvgIpc) is 2.19. The Bertz CT molecular complexity index is 56.8. The van der Waals surface area contributed by atoms with Crippen LogP contribution in [0.5, 0.6) is 0 Å². The van der Waals surface area contributed by atoms with Gasteiger partial charge in [-0.1, -0.05) is 0 Å². The minimum absolute atomic E-state index is 0.565. The maximum absolute atomic E-state index is 4.89. The summed E-state index contributed by atoms with van der Waals surface area (Å²) >= 11 is 0. The van der Waals surface area contributed by atoms with E-state index in [4.69, 9.17) is 4.52 Å². The van der Waals surface area contributed by atoms with Crippen LogP contribution in [0.2, 0.25) is 5.82 Å². The molecule has 0 aliphatic heterocycles. The first-order valence-corrected chi connectivity index (χ1v) is 2.67. The normalized spacial score (nSPS) is 42.8. The molecule has 0 saturated heterocycles. The van der Waals surface area contributed by atoms with Crippen LogP contribution in [0.4, 0.5) is 0 Å². The molecular formula is C3H8BOP. The first kappa shape index (κ1) is 4.61. The van der Waals surface area contributed by atoms with Gasteiger partial charge in [0.1, 0.15) is 7.85 Å². The summed E-state index contributed by atoms with van der Waals surface area (Å²) in [5.74, 6) is 0.822. The van der Waals surface area contributed by atoms with Gasteiger partial charge in [0, 0.05) is 9.47 Å². The van der Waals surface area contributed by atoms with Crippen LogP contribution in [0.25, 0.3) is 0 Å². The minimum atomic E-state index is 0.565. The zero-order chi connectivity index (χ0) is 4.57. The molecule has 1 rings (SSSR count). The van der Waals surface area contributed by atoms with Crippen LogP contribution < -0.4 is 0 Å².